The normalized spacial score (nSPS) is 16.2. The summed E-state index contributed by atoms with van der Waals surface area (Å²) in [6, 6.07) is 0. The largest absolute Gasteiger partial charge is 0.362 e. The van der Waals surface area contributed by atoms with E-state index in [1.165, 1.54) is 18.6 Å². The zero-order valence-electron chi connectivity index (χ0n) is 7.99. The van der Waals surface area contributed by atoms with Crippen molar-refractivity contribution >= 4 is 11.8 Å². The van der Waals surface area contributed by atoms with E-state index in [0.717, 1.165) is 12.5 Å². The van der Waals surface area contributed by atoms with Crippen LogP contribution >= 0.6 is 11.8 Å². The SMILES string of the molecule is CCCCSCN1C=CN(C)C1. The summed E-state index contributed by atoms with van der Waals surface area (Å²) < 4.78 is 0. The lowest BCUT2D eigenvalue weighted by Gasteiger charge is -2.17. The van der Waals surface area contributed by atoms with Gasteiger partial charge in [0.05, 0.1) is 12.5 Å². The van der Waals surface area contributed by atoms with Crippen LogP contribution in [0.5, 0.6) is 0 Å². The first-order valence-corrected chi connectivity index (χ1v) is 5.68. The van der Waals surface area contributed by atoms with Gasteiger partial charge < -0.3 is 9.80 Å². The Balaban J connectivity index is 1.98. The van der Waals surface area contributed by atoms with Crippen LogP contribution in [0.2, 0.25) is 0 Å². The molecule has 1 heterocycles. The first kappa shape index (κ1) is 9.78. The van der Waals surface area contributed by atoms with Gasteiger partial charge in [0, 0.05) is 19.4 Å². The van der Waals surface area contributed by atoms with Gasteiger partial charge in [-0.2, -0.15) is 0 Å². The highest BCUT2D eigenvalue weighted by molar-refractivity contribution is 7.99. The van der Waals surface area contributed by atoms with Gasteiger partial charge >= 0.3 is 0 Å². The summed E-state index contributed by atoms with van der Waals surface area (Å²) in [5.41, 5.74) is 0. The first-order valence-electron chi connectivity index (χ1n) is 4.53. The summed E-state index contributed by atoms with van der Waals surface area (Å²) in [7, 11) is 2.10. The van der Waals surface area contributed by atoms with Crippen molar-refractivity contribution < 1.29 is 0 Å². The Morgan fingerprint density at radius 3 is 2.83 bits per heavy atom. The molecule has 0 aromatic carbocycles. The van der Waals surface area contributed by atoms with Crippen LogP contribution in [0, 0.1) is 0 Å². The van der Waals surface area contributed by atoms with Crippen LogP contribution in [0.15, 0.2) is 12.4 Å². The molecule has 0 N–H and O–H groups in total. The second-order valence-corrected chi connectivity index (χ2v) is 4.25. The zero-order chi connectivity index (χ0) is 8.81. The Labute approximate surface area is 79.6 Å². The Bertz CT molecular complexity index is 147. The zero-order valence-corrected chi connectivity index (χ0v) is 8.81. The van der Waals surface area contributed by atoms with Gasteiger partial charge in [-0.3, -0.25) is 0 Å². The lowest BCUT2D eigenvalue weighted by atomic mass is 10.4. The van der Waals surface area contributed by atoms with Crippen molar-refractivity contribution in [3.8, 4) is 0 Å². The van der Waals surface area contributed by atoms with Crippen molar-refractivity contribution in [2.24, 2.45) is 0 Å². The highest BCUT2D eigenvalue weighted by Crippen LogP contribution is 2.11. The molecule has 0 radical (unpaired) electrons. The summed E-state index contributed by atoms with van der Waals surface area (Å²) in [5.74, 6) is 2.44. The molecule has 0 atom stereocenters. The van der Waals surface area contributed by atoms with Gasteiger partial charge in [-0.05, 0) is 12.2 Å². The fraction of sp³-hybridized carbons (Fsp3) is 0.778. The van der Waals surface area contributed by atoms with E-state index in [1.54, 1.807) is 0 Å². The summed E-state index contributed by atoms with van der Waals surface area (Å²) in [5, 5.41) is 0. The van der Waals surface area contributed by atoms with Gasteiger partial charge in [-0.1, -0.05) is 13.3 Å². The molecule has 0 saturated carbocycles. The Kier molecular flexibility index (Phi) is 4.36. The molecular weight excluding hydrogens is 168 g/mol. The number of rotatable bonds is 5. The van der Waals surface area contributed by atoms with Gasteiger partial charge in [0.2, 0.25) is 0 Å². The van der Waals surface area contributed by atoms with E-state index in [-0.39, 0.29) is 0 Å². The number of hydrogen-bond donors (Lipinski definition) is 0. The molecule has 1 aliphatic heterocycles. The van der Waals surface area contributed by atoms with Crippen molar-refractivity contribution in [3.05, 3.63) is 12.4 Å². The van der Waals surface area contributed by atoms with E-state index in [2.05, 4.69) is 36.2 Å². The fourth-order valence-corrected chi connectivity index (χ4v) is 2.13. The maximum Gasteiger partial charge on any atom is 0.0898 e. The molecule has 0 amide bonds. The van der Waals surface area contributed by atoms with E-state index in [0.29, 0.717) is 0 Å². The molecule has 1 rings (SSSR count). The molecule has 0 aromatic heterocycles. The number of thioether (sulfide) groups is 1. The minimum Gasteiger partial charge on any atom is -0.362 e. The predicted molar refractivity (Wildman–Crippen MR) is 55.8 cm³/mol. The number of nitrogens with zero attached hydrogens (tertiary/aromatic N) is 2. The van der Waals surface area contributed by atoms with E-state index >= 15 is 0 Å². The standard InChI is InChI=1S/C9H18N2S/c1-3-4-7-12-9-11-6-5-10(2)8-11/h5-6H,3-4,7-9H2,1-2H3. The second-order valence-electron chi connectivity index (χ2n) is 3.18. The summed E-state index contributed by atoms with van der Waals surface area (Å²) in [4.78, 5) is 4.53. The van der Waals surface area contributed by atoms with Gasteiger partial charge in [0.25, 0.3) is 0 Å². The molecule has 0 bridgehead atoms. The summed E-state index contributed by atoms with van der Waals surface area (Å²) >= 11 is 2.03. The van der Waals surface area contributed by atoms with Gasteiger partial charge in [0.15, 0.2) is 0 Å². The highest BCUT2D eigenvalue weighted by atomic mass is 32.2. The van der Waals surface area contributed by atoms with Crippen molar-refractivity contribution in [2.45, 2.75) is 19.8 Å². The monoisotopic (exact) mass is 186 g/mol. The van der Waals surface area contributed by atoms with Crippen molar-refractivity contribution in [3.63, 3.8) is 0 Å². The Morgan fingerprint density at radius 1 is 1.42 bits per heavy atom. The van der Waals surface area contributed by atoms with Gasteiger partial charge in [0.1, 0.15) is 0 Å². The second kappa shape index (κ2) is 5.36. The third-order valence-corrected chi connectivity index (χ3v) is 2.93. The van der Waals surface area contributed by atoms with E-state index in [9.17, 15) is 0 Å². The minimum atomic E-state index is 1.05. The molecule has 3 heteroatoms. The average molecular weight is 186 g/mol. The quantitative estimate of drug-likeness (QED) is 0.607. The van der Waals surface area contributed by atoms with Crippen LogP contribution in [0.4, 0.5) is 0 Å². The number of unbranched alkanes of at least 4 members (excludes halogenated alkanes) is 1. The first-order chi connectivity index (χ1) is 5.83. The summed E-state index contributed by atoms with van der Waals surface area (Å²) in [6.07, 6.45) is 6.94. The molecule has 0 aromatic rings. The van der Waals surface area contributed by atoms with Crippen LogP contribution in [-0.2, 0) is 0 Å². The number of hydrogen-bond acceptors (Lipinski definition) is 3. The Hall–Kier alpha value is -0.310. The van der Waals surface area contributed by atoms with Crippen LogP contribution in [0.3, 0.4) is 0 Å². The van der Waals surface area contributed by atoms with Gasteiger partial charge in [-0.25, -0.2) is 0 Å². The molecule has 0 fully saturated rings. The molecule has 0 saturated heterocycles. The molecular formula is C9H18N2S. The Morgan fingerprint density at radius 2 is 2.25 bits per heavy atom. The lowest BCUT2D eigenvalue weighted by molar-refractivity contribution is 0.331. The van der Waals surface area contributed by atoms with Gasteiger partial charge in [-0.15, -0.1) is 11.8 Å². The van der Waals surface area contributed by atoms with Crippen LogP contribution in [-0.4, -0.2) is 35.1 Å². The molecule has 2 nitrogen and oxygen atoms in total. The molecule has 1 aliphatic rings. The topological polar surface area (TPSA) is 6.48 Å². The maximum absolute atomic E-state index is 2.33. The van der Waals surface area contributed by atoms with Crippen LogP contribution in [0.1, 0.15) is 19.8 Å². The van der Waals surface area contributed by atoms with Crippen molar-refractivity contribution in [2.75, 3.05) is 25.3 Å². The minimum absolute atomic E-state index is 1.05. The molecule has 0 spiro atoms. The fourth-order valence-electron chi connectivity index (χ4n) is 1.10. The smallest absolute Gasteiger partial charge is 0.0898 e. The molecule has 0 unspecified atom stereocenters. The van der Waals surface area contributed by atoms with E-state index < -0.39 is 0 Å². The third kappa shape index (κ3) is 3.39. The van der Waals surface area contributed by atoms with Crippen LogP contribution in [0.25, 0.3) is 0 Å². The third-order valence-electron chi connectivity index (χ3n) is 1.84. The van der Waals surface area contributed by atoms with E-state index in [4.69, 9.17) is 0 Å². The molecule has 12 heavy (non-hydrogen) atoms. The highest BCUT2D eigenvalue weighted by Gasteiger charge is 2.06. The lowest BCUT2D eigenvalue weighted by Crippen LogP contribution is -2.21. The predicted octanol–water partition coefficient (Wildman–Crippen LogP) is 2.15. The van der Waals surface area contributed by atoms with Crippen LogP contribution < -0.4 is 0 Å². The molecule has 0 aliphatic carbocycles. The van der Waals surface area contributed by atoms with Crippen molar-refractivity contribution in [1.29, 1.82) is 0 Å². The van der Waals surface area contributed by atoms with E-state index in [1.807, 2.05) is 11.8 Å². The summed E-state index contributed by atoms with van der Waals surface area (Å²) in [6.45, 7) is 3.29. The molecule has 70 valence electrons. The maximum atomic E-state index is 2.33. The van der Waals surface area contributed by atoms with Crippen molar-refractivity contribution in [1.82, 2.24) is 9.80 Å². The average Bonchev–Trinajstić information content (AvgIpc) is 2.45.